The quantitative estimate of drug-likeness (QED) is 0.301. The summed E-state index contributed by atoms with van der Waals surface area (Å²) in [5.74, 6) is -2.18. The molecular formula is C14H26N4O5S. The number of aliphatic carboxylic acids is 1. The molecule has 10 heteroatoms. The highest BCUT2D eigenvalue weighted by molar-refractivity contribution is 7.98. The zero-order valence-electron chi connectivity index (χ0n) is 14.1. The fourth-order valence-electron chi connectivity index (χ4n) is 1.60. The molecule has 2 atom stereocenters. The molecule has 0 rings (SSSR count). The van der Waals surface area contributed by atoms with E-state index in [1.54, 1.807) is 13.8 Å². The predicted octanol–water partition coefficient (Wildman–Crippen LogP) is -1.48. The smallest absolute Gasteiger partial charge is 0.322 e. The average Bonchev–Trinajstić information content (AvgIpc) is 2.53. The third kappa shape index (κ3) is 9.36. The first kappa shape index (κ1) is 22.2. The van der Waals surface area contributed by atoms with Gasteiger partial charge >= 0.3 is 5.97 Å². The molecule has 138 valence electrons. The molecule has 6 N–H and O–H groups in total. The lowest BCUT2D eigenvalue weighted by Crippen LogP contribution is -2.54. The summed E-state index contributed by atoms with van der Waals surface area (Å²) >= 11 is 1.52. The van der Waals surface area contributed by atoms with Crippen molar-refractivity contribution in [1.82, 2.24) is 16.0 Å². The van der Waals surface area contributed by atoms with Crippen LogP contribution in [0.2, 0.25) is 0 Å². The highest BCUT2D eigenvalue weighted by atomic mass is 32.2. The van der Waals surface area contributed by atoms with Crippen LogP contribution in [0.5, 0.6) is 0 Å². The van der Waals surface area contributed by atoms with E-state index in [0.717, 1.165) is 0 Å². The summed E-state index contributed by atoms with van der Waals surface area (Å²) in [5, 5.41) is 15.6. The van der Waals surface area contributed by atoms with Crippen LogP contribution in [-0.4, -0.2) is 66.0 Å². The number of carboxylic acids is 1. The van der Waals surface area contributed by atoms with Gasteiger partial charge in [-0.2, -0.15) is 11.8 Å². The molecule has 0 saturated heterocycles. The molecule has 0 aromatic rings. The van der Waals surface area contributed by atoms with Crippen LogP contribution in [0.1, 0.15) is 20.3 Å². The van der Waals surface area contributed by atoms with Crippen LogP contribution in [0.15, 0.2) is 0 Å². The fourth-order valence-corrected chi connectivity index (χ4v) is 2.07. The van der Waals surface area contributed by atoms with Gasteiger partial charge in [0.25, 0.3) is 0 Å². The molecule has 0 radical (unpaired) electrons. The van der Waals surface area contributed by atoms with E-state index < -0.39 is 42.3 Å². The molecule has 24 heavy (non-hydrogen) atoms. The van der Waals surface area contributed by atoms with Gasteiger partial charge in [0.2, 0.25) is 17.7 Å². The van der Waals surface area contributed by atoms with Crippen molar-refractivity contribution in [1.29, 1.82) is 0 Å². The summed E-state index contributed by atoms with van der Waals surface area (Å²) in [6.45, 7) is 2.71. The molecule has 0 saturated carbocycles. The molecule has 3 amide bonds. The molecule has 0 aliphatic rings. The predicted molar refractivity (Wildman–Crippen MR) is 91.4 cm³/mol. The van der Waals surface area contributed by atoms with Crippen molar-refractivity contribution in [2.45, 2.75) is 32.4 Å². The van der Waals surface area contributed by atoms with Gasteiger partial charge in [-0.1, -0.05) is 13.8 Å². The van der Waals surface area contributed by atoms with Crippen LogP contribution in [0.25, 0.3) is 0 Å². The van der Waals surface area contributed by atoms with Crippen LogP contribution in [0.4, 0.5) is 0 Å². The number of thioether (sulfide) groups is 1. The maximum Gasteiger partial charge on any atom is 0.322 e. The van der Waals surface area contributed by atoms with Crippen LogP contribution in [0, 0.1) is 5.92 Å². The Morgan fingerprint density at radius 2 is 1.71 bits per heavy atom. The molecule has 0 heterocycles. The van der Waals surface area contributed by atoms with Crippen LogP contribution in [0.3, 0.4) is 0 Å². The number of nitrogens with two attached hydrogens (primary N) is 1. The summed E-state index contributed by atoms with van der Waals surface area (Å²) in [4.78, 5) is 45.9. The van der Waals surface area contributed by atoms with Crippen LogP contribution >= 0.6 is 11.8 Å². The number of rotatable bonds is 11. The molecule has 0 aromatic heterocycles. The Bertz CT molecular complexity index is 458. The van der Waals surface area contributed by atoms with Gasteiger partial charge < -0.3 is 26.8 Å². The van der Waals surface area contributed by atoms with Crippen molar-refractivity contribution in [3.8, 4) is 0 Å². The monoisotopic (exact) mass is 362 g/mol. The van der Waals surface area contributed by atoms with Crippen molar-refractivity contribution in [3.05, 3.63) is 0 Å². The number of amides is 3. The van der Waals surface area contributed by atoms with Gasteiger partial charge in [0.1, 0.15) is 12.6 Å². The topological polar surface area (TPSA) is 151 Å². The number of carbonyl (C=O) groups is 4. The molecule has 0 unspecified atom stereocenters. The minimum atomic E-state index is -1.18. The van der Waals surface area contributed by atoms with Crippen LogP contribution in [-0.2, 0) is 19.2 Å². The zero-order chi connectivity index (χ0) is 18.7. The van der Waals surface area contributed by atoms with E-state index in [9.17, 15) is 19.2 Å². The van der Waals surface area contributed by atoms with Gasteiger partial charge in [-0.25, -0.2) is 0 Å². The Balaban J connectivity index is 4.57. The molecule has 0 aliphatic carbocycles. The molecular weight excluding hydrogens is 336 g/mol. The summed E-state index contributed by atoms with van der Waals surface area (Å²) < 4.78 is 0. The summed E-state index contributed by atoms with van der Waals surface area (Å²) in [6.07, 6.45) is 2.26. The second kappa shape index (κ2) is 11.7. The Labute approximate surface area is 145 Å². The Hall–Kier alpha value is -1.81. The first-order valence-corrected chi connectivity index (χ1v) is 8.89. The highest BCUT2D eigenvalue weighted by Gasteiger charge is 2.25. The van der Waals surface area contributed by atoms with Gasteiger partial charge in [-0.05, 0) is 24.3 Å². The van der Waals surface area contributed by atoms with Crippen molar-refractivity contribution in [2.75, 3.05) is 25.1 Å². The first-order chi connectivity index (χ1) is 11.2. The molecule has 0 bridgehead atoms. The minimum Gasteiger partial charge on any atom is -0.480 e. The Kier molecular flexibility index (Phi) is 10.8. The highest BCUT2D eigenvalue weighted by Crippen LogP contribution is 2.04. The van der Waals surface area contributed by atoms with Gasteiger partial charge in [-0.15, -0.1) is 0 Å². The summed E-state index contributed by atoms with van der Waals surface area (Å²) in [5.41, 5.74) is 5.76. The third-order valence-electron chi connectivity index (χ3n) is 3.12. The number of hydrogen-bond acceptors (Lipinski definition) is 6. The lowest BCUT2D eigenvalue weighted by atomic mass is 10.0. The zero-order valence-corrected chi connectivity index (χ0v) is 14.9. The average molecular weight is 362 g/mol. The van der Waals surface area contributed by atoms with Crippen molar-refractivity contribution in [2.24, 2.45) is 11.7 Å². The van der Waals surface area contributed by atoms with E-state index in [4.69, 9.17) is 10.8 Å². The molecule has 0 fully saturated rings. The van der Waals surface area contributed by atoms with E-state index in [0.29, 0.717) is 12.2 Å². The normalized spacial score (nSPS) is 13.0. The van der Waals surface area contributed by atoms with E-state index in [-0.39, 0.29) is 12.5 Å². The lowest BCUT2D eigenvalue weighted by Gasteiger charge is -2.21. The molecule has 0 spiro atoms. The van der Waals surface area contributed by atoms with Gasteiger partial charge in [0.15, 0.2) is 0 Å². The van der Waals surface area contributed by atoms with Crippen molar-refractivity contribution < 1.29 is 24.3 Å². The third-order valence-corrected chi connectivity index (χ3v) is 3.77. The second-order valence-electron chi connectivity index (χ2n) is 5.50. The Morgan fingerprint density at radius 3 is 2.21 bits per heavy atom. The molecule has 0 aliphatic heterocycles. The van der Waals surface area contributed by atoms with E-state index in [1.165, 1.54) is 11.8 Å². The van der Waals surface area contributed by atoms with E-state index in [2.05, 4.69) is 16.0 Å². The van der Waals surface area contributed by atoms with Crippen molar-refractivity contribution >= 4 is 35.5 Å². The minimum absolute atomic E-state index is 0.0731. The largest absolute Gasteiger partial charge is 0.480 e. The number of hydrogen-bond donors (Lipinski definition) is 5. The van der Waals surface area contributed by atoms with E-state index in [1.807, 2.05) is 6.26 Å². The number of carbonyl (C=O) groups excluding carboxylic acids is 3. The molecule has 9 nitrogen and oxygen atoms in total. The Morgan fingerprint density at radius 1 is 1.08 bits per heavy atom. The van der Waals surface area contributed by atoms with Gasteiger partial charge in [0, 0.05) is 0 Å². The molecule has 0 aromatic carbocycles. The maximum absolute atomic E-state index is 12.1. The van der Waals surface area contributed by atoms with E-state index >= 15 is 0 Å². The maximum atomic E-state index is 12.1. The number of nitrogens with one attached hydrogen (secondary N) is 3. The summed E-state index contributed by atoms with van der Waals surface area (Å²) in [6, 6.07) is -1.53. The summed E-state index contributed by atoms with van der Waals surface area (Å²) in [7, 11) is 0. The van der Waals surface area contributed by atoms with Gasteiger partial charge in [0.05, 0.1) is 12.6 Å². The van der Waals surface area contributed by atoms with Gasteiger partial charge in [-0.3, -0.25) is 19.2 Å². The first-order valence-electron chi connectivity index (χ1n) is 7.50. The number of carboxylic acid groups (broad SMARTS) is 1. The standard InChI is InChI=1S/C14H26N4O5S/c1-8(2)12(15)14(23)18-9(4-5-24-3)13(22)17-6-10(19)16-7-11(20)21/h8-9,12H,4-7,15H2,1-3H3,(H,16,19)(H,17,22)(H,18,23)(H,20,21)/t9-,12-/m0/s1. The van der Waals surface area contributed by atoms with Crippen LogP contribution < -0.4 is 21.7 Å². The second-order valence-corrected chi connectivity index (χ2v) is 6.49. The van der Waals surface area contributed by atoms with Crippen molar-refractivity contribution in [3.63, 3.8) is 0 Å². The fraction of sp³-hybridized carbons (Fsp3) is 0.714. The lowest BCUT2D eigenvalue weighted by molar-refractivity contribution is -0.138. The SMILES string of the molecule is CSCC[C@H](NC(=O)[C@@H](N)C(C)C)C(=O)NCC(=O)NCC(=O)O.